The maximum atomic E-state index is 10.8. The Kier molecular flexibility index (Phi) is 12.9. The van der Waals surface area contributed by atoms with E-state index in [0.29, 0.717) is 12.6 Å². The van der Waals surface area contributed by atoms with Crippen LogP contribution in [-0.2, 0) is 4.79 Å². The third kappa shape index (κ3) is 11.4. The number of carbonyl (C=O) groups is 1. The normalized spacial score (nSPS) is 19.7. The average Bonchev–Trinajstić information content (AvgIpc) is 2.14. The number of carbonyl (C=O) groups excluding carboxylic acids is 1. The molecule has 0 radical (unpaired) electrons. The van der Waals surface area contributed by atoms with E-state index >= 15 is 0 Å². The highest BCUT2D eigenvalue weighted by molar-refractivity contribution is 5.78. The Balaban J connectivity index is 0. The first-order chi connectivity index (χ1) is 7.03. The summed E-state index contributed by atoms with van der Waals surface area (Å²) >= 11 is 0. The van der Waals surface area contributed by atoms with Crippen molar-refractivity contribution in [2.24, 2.45) is 0 Å². The van der Waals surface area contributed by atoms with Gasteiger partial charge >= 0.3 is 0 Å². The Morgan fingerprint density at radius 1 is 1.27 bits per heavy atom. The molecule has 0 aromatic carbocycles. The van der Waals surface area contributed by atoms with Gasteiger partial charge < -0.3 is 10.2 Å². The summed E-state index contributed by atoms with van der Waals surface area (Å²) in [4.78, 5) is 12.6. The van der Waals surface area contributed by atoms with Crippen molar-refractivity contribution < 1.29 is 4.79 Å². The molecule has 1 rings (SSSR count). The molecule has 1 aliphatic rings. The van der Waals surface area contributed by atoms with E-state index in [-0.39, 0.29) is 5.91 Å². The van der Waals surface area contributed by atoms with Gasteiger partial charge in [0.15, 0.2) is 0 Å². The van der Waals surface area contributed by atoms with Crippen LogP contribution in [0.5, 0.6) is 0 Å². The first-order valence-corrected chi connectivity index (χ1v) is 6.00. The van der Waals surface area contributed by atoms with Gasteiger partial charge in [-0.1, -0.05) is 40.5 Å². The van der Waals surface area contributed by atoms with Gasteiger partial charge in [-0.15, -0.1) is 0 Å². The Morgan fingerprint density at radius 3 is 1.93 bits per heavy atom. The zero-order valence-corrected chi connectivity index (χ0v) is 11.3. The van der Waals surface area contributed by atoms with E-state index in [9.17, 15) is 4.79 Å². The smallest absolute Gasteiger partial charge is 0.236 e. The zero-order chi connectivity index (χ0) is 12.3. The molecule has 1 unspecified atom stereocenters. The number of hydrogen-bond acceptors (Lipinski definition) is 2. The average molecular weight is 216 g/mol. The molecule has 3 nitrogen and oxygen atoms in total. The summed E-state index contributed by atoms with van der Waals surface area (Å²) < 4.78 is 0. The maximum Gasteiger partial charge on any atom is 0.236 e. The van der Waals surface area contributed by atoms with E-state index in [0.717, 1.165) is 6.54 Å². The lowest BCUT2D eigenvalue weighted by Crippen LogP contribution is -2.51. The van der Waals surface area contributed by atoms with Gasteiger partial charge in [0.2, 0.25) is 5.91 Å². The molecule has 0 spiro atoms. The summed E-state index contributed by atoms with van der Waals surface area (Å²) in [5, 5.41) is 3.07. The lowest BCUT2D eigenvalue weighted by molar-refractivity contribution is -0.131. The van der Waals surface area contributed by atoms with E-state index in [1.165, 1.54) is 12.8 Å². The van der Waals surface area contributed by atoms with Gasteiger partial charge in [-0.05, 0) is 6.92 Å². The molecular weight excluding hydrogens is 188 g/mol. The number of nitrogens with zero attached hydrogens (tertiary/aromatic N) is 1. The monoisotopic (exact) mass is 216 g/mol. The van der Waals surface area contributed by atoms with Crippen molar-refractivity contribution in [2.45, 2.75) is 53.5 Å². The van der Waals surface area contributed by atoms with Gasteiger partial charge in [-0.3, -0.25) is 4.79 Å². The van der Waals surface area contributed by atoms with E-state index < -0.39 is 0 Å². The van der Waals surface area contributed by atoms with Gasteiger partial charge in [0.05, 0.1) is 6.54 Å². The SMILES string of the molecule is CC1CN(C)C(=O)CN1.CCC.CCC. The number of nitrogens with one attached hydrogen (secondary N) is 1. The third-order valence-electron chi connectivity index (χ3n) is 1.58. The zero-order valence-electron chi connectivity index (χ0n) is 11.3. The molecular formula is C12H28N2O. The Morgan fingerprint density at radius 2 is 1.67 bits per heavy atom. The highest BCUT2D eigenvalue weighted by Crippen LogP contribution is 1.94. The summed E-state index contributed by atoms with van der Waals surface area (Å²) in [5.74, 6) is 0.188. The molecule has 1 saturated heterocycles. The van der Waals surface area contributed by atoms with Crippen LogP contribution in [0.3, 0.4) is 0 Å². The molecule has 15 heavy (non-hydrogen) atoms. The van der Waals surface area contributed by atoms with E-state index in [1.807, 2.05) is 7.05 Å². The highest BCUT2D eigenvalue weighted by Gasteiger charge is 2.17. The van der Waals surface area contributed by atoms with Gasteiger partial charge in [-0.2, -0.15) is 0 Å². The van der Waals surface area contributed by atoms with Gasteiger partial charge in [0.1, 0.15) is 0 Å². The van der Waals surface area contributed by atoms with Crippen LogP contribution in [-0.4, -0.2) is 37.0 Å². The standard InChI is InChI=1S/C6H12N2O.2C3H8/c1-5-4-8(2)6(9)3-7-5;2*1-3-2/h5,7H,3-4H2,1-2H3;2*3H2,1-2H3. The molecule has 0 saturated carbocycles. The van der Waals surface area contributed by atoms with Crippen molar-refractivity contribution in [3.05, 3.63) is 0 Å². The predicted octanol–water partition coefficient (Wildman–Crippen LogP) is 2.27. The number of amides is 1. The van der Waals surface area contributed by atoms with Crippen molar-refractivity contribution in [1.29, 1.82) is 0 Å². The van der Waals surface area contributed by atoms with Crippen LogP contribution < -0.4 is 5.32 Å². The first-order valence-electron chi connectivity index (χ1n) is 6.00. The van der Waals surface area contributed by atoms with Gasteiger partial charge in [0, 0.05) is 19.6 Å². The minimum atomic E-state index is 0.188. The molecule has 92 valence electrons. The van der Waals surface area contributed by atoms with Crippen molar-refractivity contribution in [1.82, 2.24) is 10.2 Å². The largest absolute Gasteiger partial charge is 0.343 e. The van der Waals surface area contributed by atoms with Crippen molar-refractivity contribution >= 4 is 5.91 Å². The Hall–Kier alpha value is -0.570. The number of piperazine rings is 1. The Labute approximate surface area is 95.2 Å². The molecule has 0 aliphatic carbocycles. The second-order valence-electron chi connectivity index (χ2n) is 3.97. The minimum absolute atomic E-state index is 0.188. The van der Waals surface area contributed by atoms with Gasteiger partial charge in [0.25, 0.3) is 0 Å². The lowest BCUT2D eigenvalue weighted by Gasteiger charge is -2.28. The molecule has 0 aromatic heterocycles. The quantitative estimate of drug-likeness (QED) is 0.673. The molecule has 0 aromatic rings. The van der Waals surface area contributed by atoms with Crippen LogP contribution in [0.1, 0.15) is 47.5 Å². The van der Waals surface area contributed by atoms with Crippen LogP contribution >= 0.6 is 0 Å². The maximum absolute atomic E-state index is 10.8. The van der Waals surface area contributed by atoms with Crippen molar-refractivity contribution in [3.63, 3.8) is 0 Å². The molecule has 1 amide bonds. The molecule has 3 heteroatoms. The van der Waals surface area contributed by atoms with Crippen LogP contribution in [0.25, 0.3) is 0 Å². The number of hydrogen-bond donors (Lipinski definition) is 1. The van der Waals surface area contributed by atoms with Crippen molar-refractivity contribution in [3.8, 4) is 0 Å². The molecule has 1 aliphatic heterocycles. The first kappa shape index (κ1) is 16.8. The molecule has 1 heterocycles. The topological polar surface area (TPSA) is 32.3 Å². The fourth-order valence-corrected chi connectivity index (χ4v) is 0.974. The summed E-state index contributed by atoms with van der Waals surface area (Å²) in [5.41, 5.74) is 0. The molecule has 1 fully saturated rings. The second-order valence-corrected chi connectivity index (χ2v) is 3.97. The number of rotatable bonds is 0. The Bertz CT molecular complexity index is 147. The van der Waals surface area contributed by atoms with Gasteiger partial charge in [-0.25, -0.2) is 0 Å². The number of likely N-dealkylation sites (N-methyl/N-ethyl adjacent to an activating group) is 1. The minimum Gasteiger partial charge on any atom is -0.343 e. The van der Waals surface area contributed by atoms with Crippen LogP contribution in [0.15, 0.2) is 0 Å². The predicted molar refractivity (Wildman–Crippen MR) is 67.0 cm³/mol. The van der Waals surface area contributed by atoms with E-state index in [4.69, 9.17) is 0 Å². The summed E-state index contributed by atoms with van der Waals surface area (Å²) in [6.07, 6.45) is 2.50. The van der Waals surface area contributed by atoms with E-state index in [2.05, 4.69) is 39.9 Å². The molecule has 1 atom stereocenters. The van der Waals surface area contributed by atoms with Crippen LogP contribution in [0.4, 0.5) is 0 Å². The van der Waals surface area contributed by atoms with Crippen LogP contribution in [0, 0.1) is 0 Å². The molecule has 1 N–H and O–H groups in total. The fourth-order valence-electron chi connectivity index (χ4n) is 0.974. The lowest BCUT2D eigenvalue weighted by atomic mass is 10.2. The highest BCUT2D eigenvalue weighted by atomic mass is 16.2. The fraction of sp³-hybridized carbons (Fsp3) is 0.917. The van der Waals surface area contributed by atoms with Crippen LogP contribution in [0.2, 0.25) is 0 Å². The molecule has 0 bridgehead atoms. The summed E-state index contributed by atoms with van der Waals surface area (Å²) in [7, 11) is 1.83. The summed E-state index contributed by atoms with van der Waals surface area (Å²) in [6, 6.07) is 0.452. The van der Waals surface area contributed by atoms with E-state index in [1.54, 1.807) is 4.90 Å². The van der Waals surface area contributed by atoms with Crippen molar-refractivity contribution in [2.75, 3.05) is 20.1 Å². The third-order valence-corrected chi connectivity index (χ3v) is 1.58. The summed E-state index contributed by atoms with van der Waals surface area (Å²) in [6.45, 7) is 11.9. The second kappa shape index (κ2) is 11.5.